The number of halogens is 1. The lowest BCUT2D eigenvalue weighted by Crippen LogP contribution is -2.22. The van der Waals surface area contributed by atoms with Gasteiger partial charge in [-0.15, -0.1) is 0 Å². The molecule has 68 valence electrons. The fourth-order valence-corrected chi connectivity index (χ4v) is 0.869. The van der Waals surface area contributed by atoms with Crippen molar-refractivity contribution < 1.29 is 14.0 Å². The number of amides is 2. The standard InChI is InChI=1S/C8H7FN2O2/c1-5-7(8(13)11-4-12)2-6(9)3-10-5/h2-4H,1H3,(H,11,12,13). The quantitative estimate of drug-likeness (QED) is 0.674. The lowest BCUT2D eigenvalue weighted by molar-refractivity contribution is -0.108. The third kappa shape index (κ3) is 2.08. The maximum Gasteiger partial charge on any atom is 0.259 e. The first-order valence-electron chi connectivity index (χ1n) is 3.52. The SMILES string of the molecule is Cc1ncc(F)cc1C(=O)NC=O. The summed E-state index contributed by atoms with van der Waals surface area (Å²) in [5, 5.41) is 1.90. The van der Waals surface area contributed by atoms with E-state index in [4.69, 9.17) is 0 Å². The highest BCUT2D eigenvalue weighted by atomic mass is 19.1. The topological polar surface area (TPSA) is 59.1 Å². The van der Waals surface area contributed by atoms with Crippen molar-refractivity contribution in [3.05, 3.63) is 29.3 Å². The summed E-state index contributed by atoms with van der Waals surface area (Å²) in [4.78, 5) is 24.6. The van der Waals surface area contributed by atoms with Crippen LogP contribution in [0.3, 0.4) is 0 Å². The Morgan fingerprint density at radius 3 is 3.00 bits per heavy atom. The molecule has 13 heavy (non-hydrogen) atoms. The predicted octanol–water partition coefficient (Wildman–Crippen LogP) is 0.415. The molecule has 0 aliphatic heterocycles. The highest BCUT2D eigenvalue weighted by molar-refractivity contribution is 6.00. The molecule has 1 aromatic rings. The van der Waals surface area contributed by atoms with Gasteiger partial charge in [0, 0.05) is 0 Å². The highest BCUT2D eigenvalue weighted by Crippen LogP contribution is 2.06. The second-order valence-corrected chi connectivity index (χ2v) is 2.38. The lowest BCUT2D eigenvalue weighted by Gasteiger charge is -2.01. The summed E-state index contributed by atoms with van der Waals surface area (Å²) in [7, 11) is 0. The molecule has 2 amide bonds. The van der Waals surface area contributed by atoms with Gasteiger partial charge in [-0.25, -0.2) is 4.39 Å². The van der Waals surface area contributed by atoms with Crippen molar-refractivity contribution in [1.29, 1.82) is 0 Å². The minimum absolute atomic E-state index is 0.0621. The fourth-order valence-electron chi connectivity index (χ4n) is 0.869. The smallest absolute Gasteiger partial charge is 0.259 e. The monoisotopic (exact) mass is 182 g/mol. The Morgan fingerprint density at radius 2 is 2.38 bits per heavy atom. The van der Waals surface area contributed by atoms with Crippen molar-refractivity contribution >= 4 is 12.3 Å². The van der Waals surface area contributed by atoms with E-state index in [-0.39, 0.29) is 12.0 Å². The Bertz CT molecular complexity index is 352. The van der Waals surface area contributed by atoms with E-state index in [0.29, 0.717) is 5.69 Å². The van der Waals surface area contributed by atoms with E-state index in [1.54, 1.807) is 6.92 Å². The zero-order valence-electron chi connectivity index (χ0n) is 6.87. The van der Waals surface area contributed by atoms with E-state index in [1.807, 2.05) is 5.32 Å². The van der Waals surface area contributed by atoms with Gasteiger partial charge in [0.2, 0.25) is 6.41 Å². The number of aromatic nitrogens is 1. The third-order valence-electron chi connectivity index (χ3n) is 1.49. The first-order valence-corrected chi connectivity index (χ1v) is 3.52. The Balaban J connectivity index is 3.05. The largest absolute Gasteiger partial charge is 0.295 e. The van der Waals surface area contributed by atoms with Gasteiger partial charge in [0.25, 0.3) is 5.91 Å². The summed E-state index contributed by atoms with van der Waals surface area (Å²) in [5.74, 6) is -1.26. The lowest BCUT2D eigenvalue weighted by atomic mass is 10.2. The van der Waals surface area contributed by atoms with Crippen molar-refractivity contribution in [2.45, 2.75) is 6.92 Å². The Kier molecular flexibility index (Phi) is 2.69. The maximum absolute atomic E-state index is 12.6. The number of nitrogens with zero attached hydrogens (tertiary/aromatic N) is 1. The van der Waals surface area contributed by atoms with E-state index in [0.717, 1.165) is 12.3 Å². The molecule has 0 saturated heterocycles. The van der Waals surface area contributed by atoms with Crippen LogP contribution in [0.1, 0.15) is 16.1 Å². The first-order chi connectivity index (χ1) is 6.15. The highest BCUT2D eigenvalue weighted by Gasteiger charge is 2.09. The predicted molar refractivity (Wildman–Crippen MR) is 42.5 cm³/mol. The molecular weight excluding hydrogens is 175 g/mol. The first kappa shape index (κ1) is 9.31. The van der Waals surface area contributed by atoms with Crippen molar-refractivity contribution in [2.75, 3.05) is 0 Å². The molecule has 0 spiro atoms. The molecule has 1 N–H and O–H groups in total. The number of hydrogen-bond acceptors (Lipinski definition) is 3. The molecule has 1 rings (SSSR count). The normalized spacial score (nSPS) is 9.38. The molecule has 0 unspecified atom stereocenters. The van der Waals surface area contributed by atoms with Crippen molar-refractivity contribution in [3.8, 4) is 0 Å². The van der Waals surface area contributed by atoms with Crippen LogP contribution in [-0.2, 0) is 4.79 Å². The number of aryl methyl sites for hydroxylation is 1. The van der Waals surface area contributed by atoms with Crippen LogP contribution in [0.4, 0.5) is 4.39 Å². The zero-order chi connectivity index (χ0) is 9.84. The van der Waals surface area contributed by atoms with Crippen molar-refractivity contribution in [3.63, 3.8) is 0 Å². The molecule has 0 aliphatic rings. The summed E-state index contributed by atoms with van der Waals surface area (Å²) in [6.45, 7) is 1.55. The molecule has 0 radical (unpaired) electrons. The van der Waals surface area contributed by atoms with Gasteiger partial charge >= 0.3 is 0 Å². The second kappa shape index (κ2) is 3.75. The number of nitrogens with one attached hydrogen (secondary N) is 1. The van der Waals surface area contributed by atoms with E-state index in [2.05, 4.69) is 4.98 Å². The summed E-state index contributed by atoms with van der Waals surface area (Å²) in [6, 6.07) is 1.03. The number of rotatable bonds is 2. The van der Waals surface area contributed by atoms with Gasteiger partial charge in [0.05, 0.1) is 17.5 Å². The number of carbonyl (C=O) groups is 2. The van der Waals surface area contributed by atoms with E-state index < -0.39 is 11.7 Å². The summed E-state index contributed by atoms with van der Waals surface area (Å²) in [5.41, 5.74) is 0.438. The summed E-state index contributed by atoms with van der Waals surface area (Å²) in [6.07, 6.45) is 1.25. The Morgan fingerprint density at radius 1 is 1.69 bits per heavy atom. The number of carbonyl (C=O) groups excluding carboxylic acids is 2. The van der Waals surface area contributed by atoms with Gasteiger partial charge in [-0.3, -0.25) is 19.9 Å². The molecule has 0 atom stereocenters. The van der Waals surface area contributed by atoms with E-state index in [9.17, 15) is 14.0 Å². The van der Waals surface area contributed by atoms with Crippen LogP contribution in [0, 0.1) is 12.7 Å². The van der Waals surface area contributed by atoms with Crippen LogP contribution >= 0.6 is 0 Å². The molecule has 0 aromatic carbocycles. The summed E-state index contributed by atoms with van der Waals surface area (Å²) >= 11 is 0. The van der Waals surface area contributed by atoms with Gasteiger partial charge in [-0.05, 0) is 13.0 Å². The molecule has 0 aliphatic carbocycles. The average Bonchev–Trinajstić information content (AvgIpc) is 2.09. The van der Waals surface area contributed by atoms with Crippen molar-refractivity contribution in [2.24, 2.45) is 0 Å². The minimum Gasteiger partial charge on any atom is -0.295 e. The van der Waals surface area contributed by atoms with Crippen molar-refractivity contribution in [1.82, 2.24) is 10.3 Å². The van der Waals surface area contributed by atoms with Crippen LogP contribution in [0.2, 0.25) is 0 Å². The second-order valence-electron chi connectivity index (χ2n) is 2.38. The molecule has 0 saturated carbocycles. The van der Waals surface area contributed by atoms with Gasteiger partial charge in [-0.1, -0.05) is 0 Å². The van der Waals surface area contributed by atoms with E-state index in [1.165, 1.54) is 0 Å². The fraction of sp³-hybridized carbons (Fsp3) is 0.125. The van der Waals surface area contributed by atoms with Crippen LogP contribution in [0.15, 0.2) is 12.3 Å². The minimum atomic E-state index is -0.653. The number of hydrogen-bond donors (Lipinski definition) is 1. The Hall–Kier alpha value is -1.78. The van der Waals surface area contributed by atoms with E-state index >= 15 is 0 Å². The van der Waals surface area contributed by atoms with Gasteiger partial charge in [0.15, 0.2) is 0 Å². The Labute approximate surface area is 73.8 Å². The van der Waals surface area contributed by atoms with Crippen LogP contribution in [0.25, 0.3) is 0 Å². The van der Waals surface area contributed by atoms with Crippen LogP contribution < -0.4 is 5.32 Å². The van der Waals surface area contributed by atoms with Crippen LogP contribution in [0.5, 0.6) is 0 Å². The zero-order valence-corrected chi connectivity index (χ0v) is 6.87. The molecule has 4 nitrogen and oxygen atoms in total. The van der Waals surface area contributed by atoms with Crippen LogP contribution in [-0.4, -0.2) is 17.3 Å². The third-order valence-corrected chi connectivity index (χ3v) is 1.49. The van der Waals surface area contributed by atoms with Gasteiger partial charge in [0.1, 0.15) is 5.82 Å². The molecule has 5 heteroatoms. The van der Waals surface area contributed by atoms with Gasteiger partial charge < -0.3 is 0 Å². The molecule has 1 aromatic heterocycles. The molecule has 0 bridgehead atoms. The molecule has 0 fully saturated rings. The maximum atomic E-state index is 12.6. The molecule has 1 heterocycles. The summed E-state index contributed by atoms with van der Waals surface area (Å²) < 4.78 is 12.6. The average molecular weight is 182 g/mol. The van der Waals surface area contributed by atoms with Gasteiger partial charge in [-0.2, -0.15) is 0 Å². The number of pyridine rings is 1. The molecular formula is C8H7FN2O2. The number of imide groups is 1.